The monoisotopic (exact) mass is 562 g/mol. The molecule has 2 aliphatic heterocycles. The molecule has 0 aromatic heterocycles. The zero-order valence-electron chi connectivity index (χ0n) is 25.4. The molecule has 2 aromatic carbocycles. The molecule has 2 fully saturated rings. The van der Waals surface area contributed by atoms with Gasteiger partial charge in [-0.3, -0.25) is 9.69 Å². The Kier molecular flexibility index (Phi) is 10.1. The lowest BCUT2D eigenvalue weighted by molar-refractivity contribution is -0.134. The number of esters is 1. The number of hydrogen-bond donors (Lipinski definition) is 2. The molecule has 0 spiro atoms. The first-order valence-corrected chi connectivity index (χ1v) is 16.0. The van der Waals surface area contributed by atoms with Crippen molar-refractivity contribution < 1.29 is 19.4 Å². The molecule has 4 unspecified atom stereocenters. The number of ether oxygens (including phenoxy) is 2. The largest absolute Gasteiger partial charge is 0.426 e. The number of benzene rings is 2. The van der Waals surface area contributed by atoms with Crippen LogP contribution in [0.5, 0.6) is 5.75 Å². The van der Waals surface area contributed by atoms with E-state index in [9.17, 15) is 9.90 Å². The minimum atomic E-state index is -0.154. The van der Waals surface area contributed by atoms with Gasteiger partial charge in [-0.05, 0) is 111 Å². The third kappa shape index (κ3) is 7.33. The number of carbonyl (C=O) groups is 1. The maximum Gasteiger partial charge on any atom is 0.311 e. The Morgan fingerprint density at radius 1 is 1.15 bits per heavy atom. The zero-order chi connectivity index (χ0) is 28.8. The number of aliphatic hydroxyl groups is 1. The third-order valence-electron chi connectivity index (χ3n) is 9.85. The van der Waals surface area contributed by atoms with Crippen molar-refractivity contribution in [1.82, 2.24) is 4.90 Å². The van der Waals surface area contributed by atoms with Crippen molar-refractivity contribution in [2.45, 2.75) is 89.5 Å². The second-order valence-corrected chi connectivity index (χ2v) is 13.1. The van der Waals surface area contributed by atoms with Crippen molar-refractivity contribution in [2.24, 2.45) is 11.8 Å². The molecule has 1 aliphatic carbocycles. The van der Waals surface area contributed by atoms with Gasteiger partial charge in [-0.15, -0.1) is 0 Å². The number of morpholine rings is 1. The van der Waals surface area contributed by atoms with Crippen LogP contribution in [0.25, 0.3) is 0 Å². The molecule has 1 saturated heterocycles. The summed E-state index contributed by atoms with van der Waals surface area (Å²) in [6, 6.07) is 15.1. The molecule has 4 atom stereocenters. The molecule has 224 valence electrons. The fourth-order valence-corrected chi connectivity index (χ4v) is 7.54. The Bertz CT molecular complexity index is 1140. The van der Waals surface area contributed by atoms with Gasteiger partial charge in [0.1, 0.15) is 5.75 Å². The van der Waals surface area contributed by atoms with Crippen molar-refractivity contribution in [3.63, 3.8) is 0 Å². The van der Waals surface area contributed by atoms with Gasteiger partial charge in [0.25, 0.3) is 0 Å². The minimum absolute atomic E-state index is 0.0585. The molecule has 3 aliphatic rings. The summed E-state index contributed by atoms with van der Waals surface area (Å²) in [5.74, 6) is 1.75. The molecule has 0 bridgehead atoms. The van der Waals surface area contributed by atoms with Crippen LogP contribution in [0.4, 0.5) is 5.69 Å². The van der Waals surface area contributed by atoms with E-state index in [4.69, 9.17) is 9.47 Å². The van der Waals surface area contributed by atoms with Crippen LogP contribution in [0.15, 0.2) is 42.5 Å². The van der Waals surface area contributed by atoms with E-state index >= 15 is 0 Å². The first-order valence-electron chi connectivity index (χ1n) is 16.0. The molecular weight excluding hydrogens is 512 g/mol. The molecule has 1 saturated carbocycles. The SMILES string of the molecule is CC(CCCc1ccccc1)c1cc2c(cc1OC(=O)CCCN1CCOCC1)C1C(CO)CCCC1C(C)(C)N2. The number of rotatable bonds is 11. The highest BCUT2D eigenvalue weighted by Crippen LogP contribution is 2.54. The topological polar surface area (TPSA) is 71.0 Å². The molecule has 0 amide bonds. The summed E-state index contributed by atoms with van der Waals surface area (Å²) in [6.07, 6.45) is 7.67. The van der Waals surface area contributed by atoms with Crippen LogP contribution >= 0.6 is 0 Å². The van der Waals surface area contributed by atoms with E-state index < -0.39 is 0 Å². The van der Waals surface area contributed by atoms with E-state index in [0.717, 1.165) is 94.8 Å². The molecule has 5 rings (SSSR count). The van der Waals surface area contributed by atoms with Gasteiger partial charge in [0, 0.05) is 37.3 Å². The van der Waals surface area contributed by atoms with Crippen LogP contribution in [-0.2, 0) is 16.0 Å². The van der Waals surface area contributed by atoms with Gasteiger partial charge in [0.15, 0.2) is 0 Å². The second kappa shape index (κ2) is 13.7. The average molecular weight is 563 g/mol. The lowest BCUT2D eigenvalue weighted by Gasteiger charge is -2.51. The maximum atomic E-state index is 13.2. The zero-order valence-corrected chi connectivity index (χ0v) is 25.4. The summed E-state index contributed by atoms with van der Waals surface area (Å²) in [5, 5.41) is 14.2. The van der Waals surface area contributed by atoms with Crippen molar-refractivity contribution in [2.75, 3.05) is 44.8 Å². The van der Waals surface area contributed by atoms with Crippen molar-refractivity contribution in [3.8, 4) is 5.75 Å². The number of anilines is 1. The molecule has 2 aromatic rings. The fraction of sp³-hybridized carbons (Fsp3) is 0.629. The normalized spacial score (nSPS) is 24.5. The summed E-state index contributed by atoms with van der Waals surface area (Å²) in [4.78, 5) is 15.5. The van der Waals surface area contributed by atoms with Crippen molar-refractivity contribution >= 4 is 11.7 Å². The molecule has 6 heteroatoms. The van der Waals surface area contributed by atoms with Crippen LogP contribution in [-0.4, -0.2) is 61.0 Å². The van der Waals surface area contributed by atoms with Crippen LogP contribution in [0.3, 0.4) is 0 Å². The number of aryl methyl sites for hydroxylation is 1. The van der Waals surface area contributed by atoms with E-state index in [1.807, 2.05) is 0 Å². The van der Waals surface area contributed by atoms with E-state index in [0.29, 0.717) is 12.3 Å². The average Bonchev–Trinajstić information content (AvgIpc) is 2.98. The number of nitrogens with zero attached hydrogens (tertiary/aromatic N) is 1. The van der Waals surface area contributed by atoms with Gasteiger partial charge >= 0.3 is 5.97 Å². The minimum Gasteiger partial charge on any atom is -0.426 e. The van der Waals surface area contributed by atoms with E-state index in [-0.39, 0.29) is 35.9 Å². The van der Waals surface area contributed by atoms with E-state index in [1.165, 1.54) is 11.1 Å². The number of hydrogen-bond acceptors (Lipinski definition) is 6. The Labute approximate surface area is 246 Å². The standard InChI is InChI=1S/C35H50N2O4/c1-25(10-7-13-26-11-5-4-6-12-26)28-22-31-29(34-27(24-38)14-8-15-30(34)35(2,3)36-31)23-32(28)41-33(39)16-9-17-37-18-20-40-21-19-37/h4-6,11-12,22-23,25,27,30,34,36,38H,7-10,13-21,24H2,1-3H3. The predicted octanol–water partition coefficient (Wildman–Crippen LogP) is 6.53. The summed E-state index contributed by atoms with van der Waals surface area (Å²) in [7, 11) is 0. The fourth-order valence-electron chi connectivity index (χ4n) is 7.54. The van der Waals surface area contributed by atoms with Crippen LogP contribution in [0.2, 0.25) is 0 Å². The Morgan fingerprint density at radius 3 is 2.68 bits per heavy atom. The highest BCUT2D eigenvalue weighted by Gasteiger charge is 2.47. The molecule has 41 heavy (non-hydrogen) atoms. The van der Waals surface area contributed by atoms with Crippen molar-refractivity contribution in [1.29, 1.82) is 0 Å². The van der Waals surface area contributed by atoms with Crippen molar-refractivity contribution in [3.05, 3.63) is 59.2 Å². The van der Waals surface area contributed by atoms with Crippen LogP contribution < -0.4 is 10.1 Å². The van der Waals surface area contributed by atoms with E-state index in [1.54, 1.807) is 0 Å². The van der Waals surface area contributed by atoms with Gasteiger partial charge in [-0.1, -0.05) is 43.7 Å². The smallest absolute Gasteiger partial charge is 0.311 e. The molecule has 6 nitrogen and oxygen atoms in total. The highest BCUT2D eigenvalue weighted by atomic mass is 16.5. The summed E-state index contributed by atoms with van der Waals surface area (Å²) in [5.41, 5.74) is 4.77. The van der Waals surface area contributed by atoms with Crippen LogP contribution in [0, 0.1) is 11.8 Å². The van der Waals surface area contributed by atoms with Gasteiger partial charge in [-0.25, -0.2) is 0 Å². The van der Waals surface area contributed by atoms with Gasteiger partial charge in [0.2, 0.25) is 0 Å². The molecule has 0 radical (unpaired) electrons. The third-order valence-corrected chi connectivity index (χ3v) is 9.85. The van der Waals surface area contributed by atoms with E-state index in [2.05, 4.69) is 73.5 Å². The second-order valence-electron chi connectivity index (χ2n) is 13.1. The molecule has 2 heterocycles. The molecule has 2 N–H and O–H groups in total. The Morgan fingerprint density at radius 2 is 1.93 bits per heavy atom. The Hall–Kier alpha value is -2.41. The number of nitrogens with one attached hydrogen (secondary N) is 1. The van der Waals surface area contributed by atoms with Gasteiger partial charge < -0.3 is 19.9 Å². The Balaban J connectivity index is 1.37. The quantitative estimate of drug-likeness (QED) is 0.240. The summed E-state index contributed by atoms with van der Waals surface area (Å²) >= 11 is 0. The van der Waals surface area contributed by atoms with Gasteiger partial charge in [-0.2, -0.15) is 0 Å². The molecular formula is C35H50N2O4. The number of aliphatic hydroxyl groups excluding tert-OH is 1. The summed E-state index contributed by atoms with van der Waals surface area (Å²) < 4.78 is 11.7. The summed E-state index contributed by atoms with van der Waals surface area (Å²) in [6.45, 7) is 11.4. The predicted molar refractivity (Wildman–Crippen MR) is 165 cm³/mol. The van der Waals surface area contributed by atoms with Crippen LogP contribution in [0.1, 0.15) is 94.2 Å². The highest BCUT2D eigenvalue weighted by molar-refractivity contribution is 5.74. The first kappa shape index (κ1) is 30.1. The maximum absolute atomic E-state index is 13.2. The first-order chi connectivity index (χ1) is 19.9. The lowest BCUT2D eigenvalue weighted by Crippen LogP contribution is -2.50. The number of carbonyl (C=O) groups excluding carboxylic acids is 1. The lowest BCUT2D eigenvalue weighted by atomic mass is 9.60. The van der Waals surface area contributed by atoms with Gasteiger partial charge in [0.05, 0.1) is 13.2 Å². The number of fused-ring (bicyclic) bond motifs is 3.